The van der Waals surface area contributed by atoms with Crippen LogP contribution in [0.2, 0.25) is 0 Å². The highest BCUT2D eigenvalue weighted by molar-refractivity contribution is 7.99. The zero-order chi connectivity index (χ0) is 17.2. The Morgan fingerprint density at radius 1 is 1.20 bits per heavy atom. The van der Waals surface area contributed by atoms with Crippen LogP contribution in [0.25, 0.3) is 16.5 Å². The Bertz CT molecular complexity index is 984. The molecule has 0 aliphatic carbocycles. The second-order valence-corrected chi connectivity index (χ2v) is 7.29. The second kappa shape index (κ2) is 6.73. The van der Waals surface area contributed by atoms with E-state index < -0.39 is 0 Å². The van der Waals surface area contributed by atoms with Crippen LogP contribution in [0.5, 0.6) is 0 Å². The molecular weight excluding hydrogens is 363 g/mol. The SMILES string of the molecule is C[C@H](Sc1nnnn1-c1cccc(F)c1)c1nnc(-c2cccs2)o1. The summed E-state index contributed by atoms with van der Waals surface area (Å²) >= 11 is 2.89. The van der Waals surface area contributed by atoms with Gasteiger partial charge in [-0.25, -0.2) is 4.39 Å². The first-order chi connectivity index (χ1) is 12.2. The molecule has 1 aromatic carbocycles. The first-order valence-electron chi connectivity index (χ1n) is 7.29. The van der Waals surface area contributed by atoms with Gasteiger partial charge in [0.15, 0.2) is 0 Å². The lowest BCUT2D eigenvalue weighted by Gasteiger charge is -2.07. The summed E-state index contributed by atoms with van der Waals surface area (Å²) in [5.41, 5.74) is 0.546. The monoisotopic (exact) mass is 374 g/mol. The molecule has 10 heteroatoms. The van der Waals surface area contributed by atoms with Gasteiger partial charge >= 0.3 is 0 Å². The van der Waals surface area contributed by atoms with Crippen molar-refractivity contribution in [2.24, 2.45) is 0 Å². The Hall–Kier alpha value is -2.59. The van der Waals surface area contributed by atoms with Crippen molar-refractivity contribution >= 4 is 23.1 Å². The number of rotatable bonds is 5. The third kappa shape index (κ3) is 3.30. The fourth-order valence-corrected chi connectivity index (χ4v) is 3.61. The van der Waals surface area contributed by atoms with Crippen molar-refractivity contribution in [3.05, 3.63) is 53.5 Å². The van der Waals surface area contributed by atoms with Crippen LogP contribution in [0.1, 0.15) is 18.1 Å². The molecule has 0 fully saturated rings. The van der Waals surface area contributed by atoms with E-state index in [0.717, 1.165) is 4.88 Å². The van der Waals surface area contributed by atoms with Crippen molar-refractivity contribution in [1.82, 2.24) is 30.4 Å². The number of thioether (sulfide) groups is 1. The molecule has 0 aliphatic rings. The van der Waals surface area contributed by atoms with Gasteiger partial charge in [-0.15, -0.1) is 26.6 Å². The summed E-state index contributed by atoms with van der Waals surface area (Å²) < 4.78 is 20.6. The molecule has 0 spiro atoms. The first-order valence-corrected chi connectivity index (χ1v) is 9.05. The number of halogens is 1. The summed E-state index contributed by atoms with van der Waals surface area (Å²) in [7, 11) is 0. The molecule has 3 heterocycles. The fourth-order valence-electron chi connectivity index (χ4n) is 2.13. The maximum absolute atomic E-state index is 13.4. The lowest BCUT2D eigenvalue weighted by atomic mass is 10.3. The lowest BCUT2D eigenvalue weighted by Crippen LogP contribution is -2.00. The van der Waals surface area contributed by atoms with Crippen molar-refractivity contribution in [3.63, 3.8) is 0 Å². The minimum absolute atomic E-state index is 0.167. The fraction of sp³-hybridized carbons (Fsp3) is 0.133. The van der Waals surface area contributed by atoms with Crippen LogP contribution >= 0.6 is 23.1 Å². The second-order valence-electron chi connectivity index (χ2n) is 5.04. The van der Waals surface area contributed by atoms with Gasteiger partial charge in [0.1, 0.15) is 5.82 Å². The highest BCUT2D eigenvalue weighted by Gasteiger charge is 2.20. The van der Waals surface area contributed by atoms with Crippen molar-refractivity contribution in [2.75, 3.05) is 0 Å². The Balaban J connectivity index is 1.56. The van der Waals surface area contributed by atoms with Crippen molar-refractivity contribution in [3.8, 4) is 16.5 Å². The van der Waals surface area contributed by atoms with Crippen molar-refractivity contribution in [2.45, 2.75) is 17.3 Å². The van der Waals surface area contributed by atoms with Crippen LogP contribution in [0, 0.1) is 5.82 Å². The zero-order valence-corrected chi connectivity index (χ0v) is 14.5. The molecule has 4 rings (SSSR count). The normalized spacial score (nSPS) is 12.4. The summed E-state index contributed by atoms with van der Waals surface area (Å²) in [6.07, 6.45) is 0. The quantitative estimate of drug-likeness (QED) is 0.492. The first kappa shape index (κ1) is 15.9. The molecule has 126 valence electrons. The van der Waals surface area contributed by atoms with E-state index in [0.29, 0.717) is 22.6 Å². The van der Waals surface area contributed by atoms with Crippen LogP contribution in [0.3, 0.4) is 0 Å². The van der Waals surface area contributed by atoms with Crippen LogP contribution < -0.4 is 0 Å². The smallest absolute Gasteiger partial charge is 0.257 e. The van der Waals surface area contributed by atoms with Gasteiger partial charge in [0.2, 0.25) is 11.0 Å². The van der Waals surface area contributed by atoms with Gasteiger partial charge in [-0.3, -0.25) is 0 Å². The average Bonchev–Trinajstić information content (AvgIpc) is 3.35. The van der Waals surface area contributed by atoms with E-state index in [1.165, 1.54) is 39.9 Å². The number of nitrogens with zero attached hydrogens (tertiary/aromatic N) is 6. The molecule has 3 aromatic heterocycles. The van der Waals surface area contributed by atoms with E-state index in [1.807, 2.05) is 24.4 Å². The molecule has 0 saturated carbocycles. The van der Waals surface area contributed by atoms with E-state index in [1.54, 1.807) is 12.1 Å². The van der Waals surface area contributed by atoms with E-state index in [4.69, 9.17) is 4.42 Å². The summed E-state index contributed by atoms with van der Waals surface area (Å²) in [5, 5.41) is 22.1. The number of benzene rings is 1. The molecule has 1 atom stereocenters. The van der Waals surface area contributed by atoms with Crippen LogP contribution in [0.4, 0.5) is 4.39 Å². The molecule has 0 N–H and O–H groups in total. The minimum atomic E-state index is -0.352. The highest BCUT2D eigenvalue weighted by atomic mass is 32.2. The Labute approximate surface area is 149 Å². The molecule has 4 aromatic rings. The van der Waals surface area contributed by atoms with Crippen LogP contribution in [0.15, 0.2) is 51.4 Å². The topological polar surface area (TPSA) is 82.5 Å². The maximum atomic E-state index is 13.4. The number of aromatic nitrogens is 6. The maximum Gasteiger partial charge on any atom is 0.257 e. The predicted octanol–water partition coefficient (Wildman–Crippen LogP) is 3.77. The number of thiophene rings is 1. The molecule has 0 bridgehead atoms. The minimum Gasteiger partial charge on any atom is -0.419 e. The Morgan fingerprint density at radius 3 is 2.92 bits per heavy atom. The summed E-state index contributed by atoms with van der Waals surface area (Å²) in [6.45, 7) is 1.92. The van der Waals surface area contributed by atoms with Crippen molar-refractivity contribution in [1.29, 1.82) is 0 Å². The third-order valence-electron chi connectivity index (χ3n) is 3.30. The molecule has 25 heavy (non-hydrogen) atoms. The predicted molar refractivity (Wildman–Crippen MR) is 91.0 cm³/mol. The van der Waals surface area contributed by atoms with Crippen LogP contribution in [-0.2, 0) is 0 Å². The van der Waals surface area contributed by atoms with Crippen LogP contribution in [-0.4, -0.2) is 30.4 Å². The Morgan fingerprint density at radius 2 is 2.12 bits per heavy atom. The third-order valence-corrected chi connectivity index (χ3v) is 5.17. The largest absolute Gasteiger partial charge is 0.419 e. The molecular formula is C15H11FN6OS2. The molecule has 0 radical (unpaired) electrons. The highest BCUT2D eigenvalue weighted by Crippen LogP contribution is 2.35. The summed E-state index contributed by atoms with van der Waals surface area (Å²) in [5.74, 6) is 0.610. The number of tetrazole rings is 1. The van der Waals surface area contributed by atoms with E-state index in [-0.39, 0.29) is 11.1 Å². The van der Waals surface area contributed by atoms with E-state index in [9.17, 15) is 4.39 Å². The zero-order valence-electron chi connectivity index (χ0n) is 12.9. The van der Waals surface area contributed by atoms with Gasteiger partial charge in [-0.2, -0.15) is 4.68 Å². The molecule has 0 aliphatic heterocycles. The molecule has 7 nitrogen and oxygen atoms in total. The lowest BCUT2D eigenvalue weighted by molar-refractivity contribution is 0.509. The molecule has 0 unspecified atom stereocenters. The van der Waals surface area contributed by atoms with Gasteiger partial charge in [-0.05, 0) is 47.0 Å². The number of hydrogen-bond donors (Lipinski definition) is 0. The van der Waals surface area contributed by atoms with Crippen molar-refractivity contribution < 1.29 is 8.81 Å². The Kier molecular flexibility index (Phi) is 4.28. The van der Waals surface area contributed by atoms with E-state index in [2.05, 4.69) is 25.7 Å². The molecule has 0 saturated heterocycles. The van der Waals surface area contributed by atoms with Gasteiger partial charge in [0, 0.05) is 0 Å². The summed E-state index contributed by atoms with van der Waals surface area (Å²) in [6, 6.07) is 9.92. The standard InChI is InChI=1S/C15H11FN6OS2/c1-9(13-17-18-14(23-13)12-6-3-7-24-12)25-15-19-20-21-22(15)11-5-2-4-10(16)8-11/h2-9H,1H3/t9-/m0/s1. The molecule has 0 amide bonds. The average molecular weight is 374 g/mol. The van der Waals surface area contributed by atoms with Gasteiger partial charge in [0.05, 0.1) is 15.8 Å². The van der Waals surface area contributed by atoms with Gasteiger partial charge in [0.25, 0.3) is 5.89 Å². The summed E-state index contributed by atoms with van der Waals surface area (Å²) in [4.78, 5) is 0.917. The van der Waals surface area contributed by atoms with Gasteiger partial charge in [-0.1, -0.05) is 23.9 Å². The number of hydrogen-bond acceptors (Lipinski definition) is 8. The van der Waals surface area contributed by atoms with Gasteiger partial charge < -0.3 is 4.42 Å². The van der Waals surface area contributed by atoms with E-state index >= 15 is 0 Å².